The maximum absolute atomic E-state index is 5.70. The smallest absolute Gasteiger partial charge is 0.0665 e. The first kappa shape index (κ1) is 14.1. The molecule has 1 heterocycles. The number of aromatic nitrogens is 1. The molecule has 1 aromatic rings. The molecule has 96 valence electrons. The third-order valence-electron chi connectivity index (χ3n) is 2.57. The van der Waals surface area contributed by atoms with Gasteiger partial charge in [0, 0.05) is 11.9 Å². The number of rotatable bonds is 7. The first-order chi connectivity index (χ1) is 8.13. The van der Waals surface area contributed by atoms with E-state index in [2.05, 4.69) is 37.1 Å². The van der Waals surface area contributed by atoms with Crippen LogP contribution in [-0.2, 0) is 4.74 Å². The van der Waals surface area contributed by atoms with Crippen LogP contribution in [0.15, 0.2) is 18.3 Å². The highest BCUT2D eigenvalue weighted by molar-refractivity contribution is 5.17. The molecular weight excluding hydrogens is 212 g/mol. The summed E-state index contributed by atoms with van der Waals surface area (Å²) in [5.41, 5.74) is 2.25. The van der Waals surface area contributed by atoms with Crippen LogP contribution in [0.4, 0.5) is 0 Å². The summed E-state index contributed by atoms with van der Waals surface area (Å²) < 4.78 is 5.70. The Kier molecular flexibility index (Phi) is 6.16. The molecule has 1 rings (SSSR count). The molecule has 0 saturated carbocycles. The number of hydrogen-bond acceptors (Lipinski definition) is 3. The van der Waals surface area contributed by atoms with Crippen molar-refractivity contribution in [3.63, 3.8) is 0 Å². The average molecular weight is 236 g/mol. The number of pyridine rings is 1. The number of aryl methyl sites for hydroxylation is 1. The largest absolute Gasteiger partial charge is 0.377 e. The van der Waals surface area contributed by atoms with Crippen LogP contribution >= 0.6 is 0 Å². The Morgan fingerprint density at radius 3 is 2.65 bits per heavy atom. The van der Waals surface area contributed by atoms with E-state index in [0.717, 1.165) is 18.7 Å². The van der Waals surface area contributed by atoms with Crippen LogP contribution in [0.2, 0.25) is 0 Å². The third-order valence-corrected chi connectivity index (χ3v) is 2.57. The maximum atomic E-state index is 5.70. The molecular formula is C14H24N2O. The van der Waals surface area contributed by atoms with Gasteiger partial charge >= 0.3 is 0 Å². The maximum Gasteiger partial charge on any atom is 0.0665 e. The van der Waals surface area contributed by atoms with Crippen molar-refractivity contribution in [1.82, 2.24) is 10.3 Å². The molecule has 0 amide bonds. The first-order valence-corrected chi connectivity index (χ1v) is 6.41. The van der Waals surface area contributed by atoms with Crippen molar-refractivity contribution in [1.29, 1.82) is 0 Å². The highest BCUT2D eigenvalue weighted by Crippen LogP contribution is 2.13. The van der Waals surface area contributed by atoms with Gasteiger partial charge in [0.1, 0.15) is 0 Å². The van der Waals surface area contributed by atoms with Gasteiger partial charge in [0.15, 0.2) is 0 Å². The van der Waals surface area contributed by atoms with Crippen LogP contribution in [0.25, 0.3) is 0 Å². The van der Waals surface area contributed by atoms with Gasteiger partial charge in [-0.05, 0) is 45.4 Å². The monoisotopic (exact) mass is 236 g/mol. The normalized spacial score (nSPS) is 13.0. The van der Waals surface area contributed by atoms with Crippen molar-refractivity contribution in [3.05, 3.63) is 29.6 Å². The van der Waals surface area contributed by atoms with Crippen LogP contribution in [-0.4, -0.2) is 24.2 Å². The van der Waals surface area contributed by atoms with Crippen molar-refractivity contribution >= 4 is 0 Å². The molecule has 0 spiro atoms. The number of ether oxygens (including phenoxy) is 1. The molecule has 17 heavy (non-hydrogen) atoms. The first-order valence-electron chi connectivity index (χ1n) is 6.41. The Morgan fingerprint density at radius 1 is 1.35 bits per heavy atom. The quantitative estimate of drug-likeness (QED) is 0.790. The molecule has 0 bridgehead atoms. The zero-order chi connectivity index (χ0) is 12.7. The summed E-state index contributed by atoms with van der Waals surface area (Å²) in [6.45, 7) is 9.99. The Morgan fingerprint density at radius 2 is 2.12 bits per heavy atom. The average Bonchev–Trinajstić information content (AvgIpc) is 2.30. The molecule has 3 heteroatoms. The zero-order valence-corrected chi connectivity index (χ0v) is 11.4. The van der Waals surface area contributed by atoms with E-state index in [-0.39, 0.29) is 12.1 Å². The Labute approximate surface area is 105 Å². The van der Waals surface area contributed by atoms with Crippen molar-refractivity contribution < 1.29 is 4.74 Å². The van der Waals surface area contributed by atoms with Gasteiger partial charge in [-0.3, -0.25) is 4.98 Å². The molecule has 0 aliphatic carbocycles. The third kappa shape index (κ3) is 5.29. The Balaban J connectivity index is 2.63. The lowest BCUT2D eigenvalue weighted by molar-refractivity contribution is 0.0610. The molecule has 1 N–H and O–H groups in total. The van der Waals surface area contributed by atoms with E-state index in [4.69, 9.17) is 4.74 Å². The molecule has 0 aliphatic heterocycles. The van der Waals surface area contributed by atoms with Gasteiger partial charge in [0.2, 0.25) is 0 Å². The van der Waals surface area contributed by atoms with Gasteiger partial charge in [0.25, 0.3) is 0 Å². The molecule has 1 atom stereocenters. The lowest BCUT2D eigenvalue weighted by Crippen LogP contribution is -2.27. The van der Waals surface area contributed by atoms with Crippen LogP contribution in [0.5, 0.6) is 0 Å². The summed E-state index contributed by atoms with van der Waals surface area (Å²) in [7, 11) is 0. The predicted molar refractivity (Wildman–Crippen MR) is 71.1 cm³/mol. The van der Waals surface area contributed by atoms with E-state index >= 15 is 0 Å². The Bertz CT molecular complexity index is 309. The SMILES string of the molecule is CCCNC(COC(C)C)c1ccc(C)nc1. The molecule has 0 radical (unpaired) electrons. The van der Waals surface area contributed by atoms with E-state index in [1.54, 1.807) is 0 Å². The van der Waals surface area contributed by atoms with Crippen molar-refractivity contribution in [2.24, 2.45) is 0 Å². The Hall–Kier alpha value is -0.930. The summed E-state index contributed by atoms with van der Waals surface area (Å²) in [6.07, 6.45) is 3.32. The molecule has 0 aliphatic rings. The fraction of sp³-hybridized carbons (Fsp3) is 0.643. The van der Waals surface area contributed by atoms with Crippen molar-refractivity contribution in [3.8, 4) is 0 Å². The van der Waals surface area contributed by atoms with Gasteiger partial charge in [-0.2, -0.15) is 0 Å². The lowest BCUT2D eigenvalue weighted by Gasteiger charge is -2.20. The molecule has 1 unspecified atom stereocenters. The van der Waals surface area contributed by atoms with Gasteiger partial charge in [0.05, 0.1) is 18.8 Å². The fourth-order valence-electron chi connectivity index (χ4n) is 1.57. The number of hydrogen-bond donors (Lipinski definition) is 1. The van der Waals surface area contributed by atoms with Gasteiger partial charge in [-0.1, -0.05) is 13.0 Å². The lowest BCUT2D eigenvalue weighted by atomic mass is 10.1. The minimum Gasteiger partial charge on any atom is -0.377 e. The van der Waals surface area contributed by atoms with Crippen LogP contribution in [0.1, 0.15) is 44.5 Å². The van der Waals surface area contributed by atoms with Crippen molar-refractivity contribution in [2.45, 2.75) is 46.3 Å². The minimum atomic E-state index is 0.241. The van der Waals surface area contributed by atoms with Crippen LogP contribution in [0, 0.1) is 6.92 Å². The second kappa shape index (κ2) is 7.41. The number of nitrogens with zero attached hydrogens (tertiary/aromatic N) is 1. The molecule has 0 fully saturated rings. The van der Waals surface area contributed by atoms with E-state index in [9.17, 15) is 0 Å². The van der Waals surface area contributed by atoms with Crippen molar-refractivity contribution in [2.75, 3.05) is 13.2 Å². The summed E-state index contributed by atoms with van der Waals surface area (Å²) in [5, 5.41) is 3.50. The summed E-state index contributed by atoms with van der Waals surface area (Å²) in [5.74, 6) is 0. The van der Waals surface area contributed by atoms with E-state index in [0.29, 0.717) is 6.61 Å². The molecule has 1 aromatic heterocycles. The summed E-state index contributed by atoms with van der Waals surface area (Å²) in [6, 6.07) is 4.41. The number of nitrogens with one attached hydrogen (secondary N) is 1. The molecule has 0 aromatic carbocycles. The standard InChI is InChI=1S/C14H24N2O/c1-5-8-15-14(10-17-11(2)3)13-7-6-12(4)16-9-13/h6-7,9,11,14-15H,5,8,10H2,1-4H3. The van der Waals surface area contributed by atoms with Gasteiger partial charge in [-0.15, -0.1) is 0 Å². The topological polar surface area (TPSA) is 34.1 Å². The molecule has 3 nitrogen and oxygen atoms in total. The van der Waals surface area contributed by atoms with Crippen LogP contribution in [0.3, 0.4) is 0 Å². The van der Waals surface area contributed by atoms with Crippen LogP contribution < -0.4 is 5.32 Å². The second-order valence-electron chi connectivity index (χ2n) is 4.62. The minimum absolute atomic E-state index is 0.241. The summed E-state index contributed by atoms with van der Waals surface area (Å²) >= 11 is 0. The van der Waals surface area contributed by atoms with E-state index in [1.807, 2.05) is 19.2 Å². The zero-order valence-electron chi connectivity index (χ0n) is 11.4. The second-order valence-corrected chi connectivity index (χ2v) is 4.62. The van der Waals surface area contributed by atoms with Gasteiger partial charge < -0.3 is 10.1 Å². The van der Waals surface area contributed by atoms with E-state index in [1.165, 1.54) is 5.56 Å². The fourth-order valence-corrected chi connectivity index (χ4v) is 1.57. The highest BCUT2D eigenvalue weighted by Gasteiger charge is 2.11. The van der Waals surface area contributed by atoms with Gasteiger partial charge in [-0.25, -0.2) is 0 Å². The highest BCUT2D eigenvalue weighted by atomic mass is 16.5. The van der Waals surface area contributed by atoms with E-state index < -0.39 is 0 Å². The molecule has 0 saturated heterocycles. The predicted octanol–water partition coefficient (Wildman–Crippen LogP) is 2.86. The summed E-state index contributed by atoms with van der Waals surface area (Å²) in [4.78, 5) is 4.34.